The van der Waals surface area contributed by atoms with Crippen LogP contribution in [0.3, 0.4) is 0 Å². The van der Waals surface area contributed by atoms with E-state index in [-0.39, 0.29) is 0 Å². The highest BCUT2D eigenvalue weighted by molar-refractivity contribution is 8.00. The maximum Gasteiger partial charge on any atom is 0.0479 e. The minimum atomic E-state index is 0.346. The van der Waals surface area contributed by atoms with E-state index in [4.69, 9.17) is 4.74 Å². The molecule has 2 heterocycles. The van der Waals surface area contributed by atoms with Crippen LogP contribution < -0.4 is 5.32 Å². The van der Waals surface area contributed by atoms with E-state index in [0.29, 0.717) is 4.75 Å². The zero-order valence-corrected chi connectivity index (χ0v) is 13.3. The van der Waals surface area contributed by atoms with Crippen molar-refractivity contribution in [3.63, 3.8) is 0 Å². The second-order valence-corrected chi connectivity index (χ2v) is 6.93. The lowest BCUT2D eigenvalue weighted by Gasteiger charge is -2.35. The molecule has 0 atom stereocenters. The van der Waals surface area contributed by atoms with Crippen LogP contribution in [0.1, 0.15) is 18.4 Å². The molecule has 1 aliphatic rings. The van der Waals surface area contributed by atoms with Gasteiger partial charge in [0.15, 0.2) is 0 Å². The van der Waals surface area contributed by atoms with Gasteiger partial charge in [-0.2, -0.15) is 11.8 Å². The molecule has 1 aromatic heterocycles. The molecular weight excluding hydrogens is 280 g/mol. The average Bonchev–Trinajstić information content (AvgIpc) is 2.55. The van der Waals surface area contributed by atoms with Gasteiger partial charge in [0.05, 0.1) is 0 Å². The molecule has 1 aromatic carbocycles. The van der Waals surface area contributed by atoms with Gasteiger partial charge in [0.1, 0.15) is 0 Å². The van der Waals surface area contributed by atoms with Gasteiger partial charge in [-0.15, -0.1) is 0 Å². The van der Waals surface area contributed by atoms with Crippen molar-refractivity contribution in [2.24, 2.45) is 0 Å². The van der Waals surface area contributed by atoms with E-state index >= 15 is 0 Å². The number of benzene rings is 1. The van der Waals surface area contributed by atoms with Crippen LogP contribution >= 0.6 is 11.8 Å². The number of hydrogen-bond donors (Lipinski definition) is 1. The molecule has 1 N–H and O–H groups in total. The smallest absolute Gasteiger partial charge is 0.0479 e. The minimum Gasteiger partial charge on any atom is -0.381 e. The van der Waals surface area contributed by atoms with Gasteiger partial charge in [-0.1, -0.05) is 12.1 Å². The van der Waals surface area contributed by atoms with Gasteiger partial charge in [-0.3, -0.25) is 4.98 Å². The maximum absolute atomic E-state index is 5.49. The number of hydrogen-bond acceptors (Lipinski definition) is 4. The molecule has 4 heteroatoms. The summed E-state index contributed by atoms with van der Waals surface area (Å²) in [7, 11) is 0. The Balaban J connectivity index is 1.60. The minimum absolute atomic E-state index is 0.346. The number of thioether (sulfide) groups is 1. The Hall–Kier alpha value is -1.10. The second-order valence-electron chi connectivity index (χ2n) is 5.66. The van der Waals surface area contributed by atoms with Crippen LogP contribution in [-0.4, -0.2) is 35.7 Å². The number of fused-ring (bicyclic) bond motifs is 1. The van der Waals surface area contributed by atoms with Crippen LogP contribution in [0.25, 0.3) is 10.8 Å². The van der Waals surface area contributed by atoms with E-state index < -0.39 is 0 Å². The maximum atomic E-state index is 5.49. The molecule has 112 valence electrons. The van der Waals surface area contributed by atoms with Crippen molar-refractivity contribution in [1.82, 2.24) is 10.3 Å². The summed E-state index contributed by atoms with van der Waals surface area (Å²) in [4.78, 5) is 4.16. The van der Waals surface area contributed by atoms with Crippen molar-refractivity contribution in [3.05, 3.63) is 42.2 Å². The Morgan fingerprint density at radius 1 is 1.24 bits per heavy atom. The molecular formula is C17H22N2OS. The first-order valence-electron chi connectivity index (χ1n) is 7.48. The summed E-state index contributed by atoms with van der Waals surface area (Å²) in [5.74, 6) is 0. The van der Waals surface area contributed by atoms with Gasteiger partial charge < -0.3 is 10.1 Å². The molecule has 1 saturated heterocycles. The summed E-state index contributed by atoms with van der Waals surface area (Å²) < 4.78 is 5.84. The van der Waals surface area contributed by atoms with E-state index in [0.717, 1.165) is 39.1 Å². The van der Waals surface area contributed by atoms with Crippen molar-refractivity contribution < 1.29 is 4.74 Å². The summed E-state index contributed by atoms with van der Waals surface area (Å²) >= 11 is 1.98. The Morgan fingerprint density at radius 2 is 2.10 bits per heavy atom. The normalized spacial score (nSPS) is 18.0. The fourth-order valence-corrected chi connectivity index (χ4v) is 3.70. The monoisotopic (exact) mass is 302 g/mol. The van der Waals surface area contributed by atoms with Crippen LogP contribution in [0.5, 0.6) is 0 Å². The van der Waals surface area contributed by atoms with Crippen molar-refractivity contribution in [3.8, 4) is 0 Å². The molecule has 0 radical (unpaired) electrons. The lowest BCUT2D eigenvalue weighted by atomic mass is 9.99. The fraction of sp³-hybridized carbons (Fsp3) is 0.471. The predicted molar refractivity (Wildman–Crippen MR) is 89.7 cm³/mol. The van der Waals surface area contributed by atoms with E-state index in [1.165, 1.54) is 16.3 Å². The zero-order chi connectivity index (χ0) is 14.5. The van der Waals surface area contributed by atoms with Crippen molar-refractivity contribution >= 4 is 22.5 Å². The van der Waals surface area contributed by atoms with Crippen LogP contribution in [0.2, 0.25) is 0 Å². The summed E-state index contributed by atoms with van der Waals surface area (Å²) in [5, 5.41) is 6.10. The summed E-state index contributed by atoms with van der Waals surface area (Å²) in [6.07, 6.45) is 8.27. The first kappa shape index (κ1) is 14.8. The Morgan fingerprint density at radius 3 is 2.90 bits per heavy atom. The van der Waals surface area contributed by atoms with E-state index in [9.17, 15) is 0 Å². The number of nitrogens with one attached hydrogen (secondary N) is 1. The van der Waals surface area contributed by atoms with Gasteiger partial charge in [0, 0.05) is 48.8 Å². The Bertz CT molecular complexity index is 596. The average molecular weight is 302 g/mol. The molecule has 1 fully saturated rings. The van der Waals surface area contributed by atoms with Crippen molar-refractivity contribution in [2.45, 2.75) is 24.1 Å². The topological polar surface area (TPSA) is 34.2 Å². The predicted octanol–water partition coefficient (Wildman–Crippen LogP) is 3.24. The first-order chi connectivity index (χ1) is 10.3. The van der Waals surface area contributed by atoms with E-state index in [2.05, 4.69) is 40.8 Å². The Kier molecular flexibility index (Phi) is 4.78. The van der Waals surface area contributed by atoms with Crippen LogP contribution in [0, 0.1) is 0 Å². The molecule has 0 bridgehead atoms. The standard InChI is InChI=1S/C17H22N2OS/c1-21-17(5-8-20-9-6-17)13-19-11-14-2-3-16-12-18-7-4-15(16)10-14/h2-4,7,10,12,19H,5-6,8-9,11,13H2,1H3. The molecule has 0 spiro atoms. The second kappa shape index (κ2) is 6.77. The SMILES string of the molecule is CSC1(CNCc2ccc3cnccc3c2)CCOCC1. The molecule has 0 amide bonds. The molecule has 0 aliphatic carbocycles. The van der Waals surface area contributed by atoms with Crippen LogP contribution in [0.15, 0.2) is 36.7 Å². The van der Waals surface area contributed by atoms with Gasteiger partial charge in [-0.05, 0) is 42.2 Å². The first-order valence-corrected chi connectivity index (χ1v) is 8.70. The summed E-state index contributed by atoms with van der Waals surface area (Å²) in [5.41, 5.74) is 1.33. The summed E-state index contributed by atoms with van der Waals surface area (Å²) in [6, 6.07) is 8.66. The van der Waals surface area contributed by atoms with Crippen LogP contribution in [-0.2, 0) is 11.3 Å². The largest absolute Gasteiger partial charge is 0.381 e. The number of ether oxygens (including phenoxy) is 1. The molecule has 2 aromatic rings. The molecule has 3 nitrogen and oxygen atoms in total. The van der Waals surface area contributed by atoms with Gasteiger partial charge in [0.25, 0.3) is 0 Å². The van der Waals surface area contributed by atoms with Gasteiger partial charge in [-0.25, -0.2) is 0 Å². The van der Waals surface area contributed by atoms with Gasteiger partial charge >= 0.3 is 0 Å². The third-order valence-corrected chi connectivity index (χ3v) is 5.74. The molecule has 0 unspecified atom stereocenters. The third kappa shape index (κ3) is 3.57. The fourth-order valence-electron chi connectivity index (χ4n) is 2.87. The lowest BCUT2D eigenvalue weighted by molar-refractivity contribution is 0.0772. The van der Waals surface area contributed by atoms with Crippen molar-refractivity contribution in [1.29, 1.82) is 0 Å². The highest BCUT2D eigenvalue weighted by Crippen LogP contribution is 2.33. The molecule has 1 aliphatic heterocycles. The van der Waals surface area contributed by atoms with Gasteiger partial charge in [0.2, 0.25) is 0 Å². The number of pyridine rings is 1. The molecule has 21 heavy (non-hydrogen) atoms. The van der Waals surface area contributed by atoms with E-state index in [1.54, 1.807) is 0 Å². The quantitative estimate of drug-likeness (QED) is 0.919. The lowest BCUT2D eigenvalue weighted by Crippen LogP contribution is -2.42. The van der Waals surface area contributed by atoms with Crippen molar-refractivity contribution in [2.75, 3.05) is 26.0 Å². The number of aromatic nitrogens is 1. The number of rotatable bonds is 5. The summed E-state index contributed by atoms with van der Waals surface area (Å²) in [6.45, 7) is 3.75. The zero-order valence-electron chi connectivity index (χ0n) is 12.5. The van der Waals surface area contributed by atoms with E-state index in [1.807, 2.05) is 24.2 Å². The highest BCUT2D eigenvalue weighted by Gasteiger charge is 2.31. The third-order valence-electron chi connectivity index (χ3n) is 4.32. The van der Waals surface area contributed by atoms with Crippen LogP contribution in [0.4, 0.5) is 0 Å². The highest BCUT2D eigenvalue weighted by atomic mass is 32.2. The Labute approximate surface area is 130 Å². The molecule has 3 rings (SSSR count). The molecule has 0 saturated carbocycles. The number of nitrogens with zero attached hydrogens (tertiary/aromatic N) is 1.